The van der Waals surface area contributed by atoms with E-state index in [0.29, 0.717) is 13.1 Å². The van der Waals surface area contributed by atoms with Gasteiger partial charge in [0.1, 0.15) is 5.82 Å². The lowest BCUT2D eigenvalue weighted by Gasteiger charge is -2.28. The highest BCUT2D eigenvalue weighted by atomic mass is 16.5. The molecule has 6 nitrogen and oxygen atoms in total. The molecule has 0 aliphatic carbocycles. The molecule has 1 fully saturated rings. The van der Waals surface area contributed by atoms with Gasteiger partial charge in [0.15, 0.2) is 0 Å². The number of urea groups is 1. The Balaban J connectivity index is 1.37. The highest BCUT2D eigenvalue weighted by molar-refractivity contribution is 5.75. The van der Waals surface area contributed by atoms with Gasteiger partial charge in [-0.3, -0.25) is 0 Å². The molecule has 6 heteroatoms. The molecule has 0 spiro atoms. The van der Waals surface area contributed by atoms with Crippen molar-refractivity contribution in [2.45, 2.75) is 13.1 Å². The zero-order valence-electron chi connectivity index (χ0n) is 17.8. The minimum atomic E-state index is -0.104. The maximum Gasteiger partial charge on any atom is 0.317 e. The molecule has 1 aromatic heterocycles. The molecule has 0 bridgehead atoms. The second-order valence-electron chi connectivity index (χ2n) is 7.66. The Morgan fingerprint density at radius 3 is 2.61 bits per heavy atom. The molecule has 2 amide bonds. The monoisotopic (exact) mass is 416 g/mol. The number of carbonyl (C=O) groups excluding carboxylic acids is 1. The van der Waals surface area contributed by atoms with Crippen molar-refractivity contribution in [1.82, 2.24) is 15.2 Å². The molecule has 2 aromatic carbocycles. The fraction of sp³-hybridized carbons (Fsp3) is 0.280. The Bertz CT molecular complexity index is 1000. The number of ether oxygens (including phenoxy) is 1. The van der Waals surface area contributed by atoms with E-state index in [-0.39, 0.29) is 6.03 Å². The number of hydrogen-bond acceptors (Lipinski definition) is 4. The van der Waals surface area contributed by atoms with Gasteiger partial charge in [0.05, 0.1) is 13.2 Å². The molecule has 2 heterocycles. The van der Waals surface area contributed by atoms with Crippen molar-refractivity contribution < 1.29 is 9.53 Å². The van der Waals surface area contributed by atoms with Crippen LogP contribution < -0.4 is 10.2 Å². The molecule has 160 valence electrons. The van der Waals surface area contributed by atoms with Crippen LogP contribution in [0.4, 0.5) is 10.6 Å². The predicted molar refractivity (Wildman–Crippen MR) is 123 cm³/mol. The van der Waals surface area contributed by atoms with Crippen molar-refractivity contribution in [2.24, 2.45) is 0 Å². The number of rotatable bonds is 6. The minimum absolute atomic E-state index is 0.104. The Morgan fingerprint density at radius 2 is 1.81 bits per heavy atom. The predicted octanol–water partition coefficient (Wildman–Crippen LogP) is 3.93. The van der Waals surface area contributed by atoms with Gasteiger partial charge in [-0.2, -0.15) is 0 Å². The van der Waals surface area contributed by atoms with E-state index in [1.807, 2.05) is 49.5 Å². The maximum atomic E-state index is 12.7. The standard InChI is InChI=1S/C25H28N4O2/c1-28(19-22-9-5-6-10-23(22)21-7-3-2-4-8-21)25(30)27-18-20-11-12-26-24(17-20)29-13-15-31-16-14-29/h2-12,17H,13-16,18-19H2,1H3,(H,27,30). The number of hydrogen-bond donors (Lipinski definition) is 1. The van der Waals surface area contributed by atoms with Gasteiger partial charge in [0.2, 0.25) is 0 Å². The summed E-state index contributed by atoms with van der Waals surface area (Å²) < 4.78 is 5.41. The number of anilines is 1. The molecule has 0 unspecified atom stereocenters. The van der Waals surface area contributed by atoms with Crippen LogP contribution in [0.5, 0.6) is 0 Å². The van der Waals surface area contributed by atoms with Crippen molar-refractivity contribution in [3.05, 3.63) is 84.1 Å². The zero-order chi connectivity index (χ0) is 21.5. The van der Waals surface area contributed by atoms with Crippen molar-refractivity contribution >= 4 is 11.8 Å². The largest absolute Gasteiger partial charge is 0.378 e. The van der Waals surface area contributed by atoms with E-state index < -0.39 is 0 Å². The number of benzene rings is 2. The average Bonchev–Trinajstić information content (AvgIpc) is 2.84. The van der Waals surface area contributed by atoms with Gasteiger partial charge in [-0.1, -0.05) is 54.6 Å². The topological polar surface area (TPSA) is 57.7 Å². The maximum absolute atomic E-state index is 12.7. The minimum Gasteiger partial charge on any atom is -0.378 e. The van der Waals surface area contributed by atoms with Gasteiger partial charge in [-0.25, -0.2) is 9.78 Å². The third kappa shape index (κ3) is 5.41. The van der Waals surface area contributed by atoms with Gasteiger partial charge in [-0.15, -0.1) is 0 Å². The summed E-state index contributed by atoms with van der Waals surface area (Å²) in [6.45, 7) is 4.12. The second-order valence-corrected chi connectivity index (χ2v) is 7.66. The van der Waals surface area contributed by atoms with Crippen molar-refractivity contribution in [2.75, 3.05) is 38.3 Å². The van der Waals surface area contributed by atoms with Crippen molar-refractivity contribution in [3.8, 4) is 11.1 Å². The molecule has 31 heavy (non-hydrogen) atoms. The molecule has 1 aliphatic heterocycles. The summed E-state index contributed by atoms with van der Waals surface area (Å²) in [5.74, 6) is 0.931. The van der Waals surface area contributed by atoms with Gasteiger partial charge < -0.3 is 19.9 Å². The van der Waals surface area contributed by atoms with Crippen molar-refractivity contribution in [3.63, 3.8) is 0 Å². The van der Waals surface area contributed by atoms with E-state index in [4.69, 9.17) is 4.74 Å². The summed E-state index contributed by atoms with van der Waals surface area (Å²) >= 11 is 0. The molecule has 1 saturated heterocycles. The fourth-order valence-electron chi connectivity index (χ4n) is 3.73. The first-order chi connectivity index (χ1) is 15.2. The molecule has 0 radical (unpaired) electrons. The van der Waals surface area contributed by atoms with Gasteiger partial charge >= 0.3 is 6.03 Å². The molecule has 3 aromatic rings. The highest BCUT2D eigenvalue weighted by Gasteiger charge is 2.14. The molecular weight excluding hydrogens is 388 g/mol. The first-order valence-electron chi connectivity index (χ1n) is 10.6. The summed E-state index contributed by atoms with van der Waals surface area (Å²) in [6.07, 6.45) is 1.80. The molecule has 0 atom stereocenters. The zero-order valence-corrected chi connectivity index (χ0v) is 17.8. The first kappa shape index (κ1) is 20.9. The summed E-state index contributed by atoms with van der Waals surface area (Å²) in [5.41, 5.74) is 4.44. The number of amides is 2. The highest BCUT2D eigenvalue weighted by Crippen LogP contribution is 2.24. The van der Waals surface area contributed by atoms with Crippen LogP contribution in [0.15, 0.2) is 72.9 Å². The average molecular weight is 417 g/mol. The van der Waals surface area contributed by atoms with Crippen LogP contribution in [-0.2, 0) is 17.8 Å². The van der Waals surface area contributed by atoms with Crippen LogP contribution in [0.25, 0.3) is 11.1 Å². The summed E-state index contributed by atoms with van der Waals surface area (Å²) in [4.78, 5) is 21.1. The van der Waals surface area contributed by atoms with Crippen LogP contribution >= 0.6 is 0 Å². The smallest absolute Gasteiger partial charge is 0.317 e. The third-order valence-corrected chi connectivity index (χ3v) is 5.45. The second kappa shape index (κ2) is 10.1. The molecular formula is C25H28N4O2. The number of pyridine rings is 1. The molecule has 0 saturated carbocycles. The van der Waals surface area contributed by atoms with Crippen LogP contribution in [0.3, 0.4) is 0 Å². The first-order valence-corrected chi connectivity index (χ1v) is 10.6. The van der Waals surface area contributed by atoms with E-state index in [0.717, 1.165) is 54.4 Å². The summed E-state index contributed by atoms with van der Waals surface area (Å²) in [5, 5.41) is 3.02. The number of aromatic nitrogens is 1. The van der Waals surface area contributed by atoms with Crippen LogP contribution in [-0.4, -0.2) is 49.3 Å². The number of morpholine rings is 1. The van der Waals surface area contributed by atoms with Crippen LogP contribution in [0.2, 0.25) is 0 Å². The van der Waals surface area contributed by atoms with E-state index in [9.17, 15) is 4.79 Å². The molecule has 1 aliphatic rings. The lowest BCUT2D eigenvalue weighted by Crippen LogP contribution is -2.37. The Kier molecular flexibility index (Phi) is 6.79. The van der Waals surface area contributed by atoms with Crippen LogP contribution in [0.1, 0.15) is 11.1 Å². The Labute approximate surface area is 183 Å². The Hall–Kier alpha value is -3.38. The quantitative estimate of drug-likeness (QED) is 0.662. The van der Waals surface area contributed by atoms with Crippen LogP contribution in [0, 0.1) is 0 Å². The lowest BCUT2D eigenvalue weighted by molar-refractivity contribution is 0.122. The number of nitrogens with zero attached hydrogens (tertiary/aromatic N) is 3. The summed E-state index contributed by atoms with van der Waals surface area (Å²) in [7, 11) is 1.82. The Morgan fingerprint density at radius 1 is 1.06 bits per heavy atom. The lowest BCUT2D eigenvalue weighted by atomic mass is 9.99. The fourth-order valence-corrected chi connectivity index (χ4v) is 3.73. The van der Waals surface area contributed by atoms with Crippen molar-refractivity contribution in [1.29, 1.82) is 0 Å². The van der Waals surface area contributed by atoms with E-state index in [1.54, 1.807) is 11.1 Å². The van der Waals surface area contributed by atoms with E-state index >= 15 is 0 Å². The van der Waals surface area contributed by atoms with Gasteiger partial charge in [0, 0.05) is 39.4 Å². The summed E-state index contributed by atoms with van der Waals surface area (Å²) in [6, 6.07) is 22.3. The number of nitrogens with one attached hydrogen (secondary N) is 1. The van der Waals surface area contributed by atoms with E-state index in [1.165, 1.54) is 0 Å². The van der Waals surface area contributed by atoms with E-state index in [2.05, 4.69) is 39.5 Å². The number of carbonyl (C=O) groups is 1. The third-order valence-electron chi connectivity index (χ3n) is 5.45. The molecule has 4 rings (SSSR count). The van der Waals surface area contributed by atoms with Gasteiger partial charge in [0.25, 0.3) is 0 Å². The normalized spacial score (nSPS) is 13.6. The van der Waals surface area contributed by atoms with Gasteiger partial charge in [-0.05, 0) is 34.4 Å². The molecule has 1 N–H and O–H groups in total. The SMILES string of the molecule is CN(Cc1ccccc1-c1ccccc1)C(=O)NCc1ccnc(N2CCOCC2)c1.